The Balaban J connectivity index is 2.10. The van der Waals surface area contributed by atoms with Gasteiger partial charge in [-0.05, 0) is 12.1 Å². The minimum absolute atomic E-state index is 0.0893. The third-order valence-corrected chi connectivity index (χ3v) is 2.65. The highest BCUT2D eigenvalue weighted by atomic mass is 19.1. The van der Waals surface area contributed by atoms with Crippen LogP contribution in [0.4, 0.5) is 4.39 Å². The molecule has 0 saturated heterocycles. The van der Waals surface area contributed by atoms with Crippen molar-refractivity contribution in [3.63, 3.8) is 0 Å². The van der Waals surface area contributed by atoms with E-state index >= 15 is 0 Å². The van der Waals surface area contributed by atoms with E-state index in [1.54, 1.807) is 24.0 Å². The summed E-state index contributed by atoms with van der Waals surface area (Å²) in [5.74, 6) is -0.255. The van der Waals surface area contributed by atoms with Crippen LogP contribution < -0.4 is 0 Å². The Morgan fingerprint density at radius 1 is 1.37 bits per heavy atom. The number of phenols is 1. The van der Waals surface area contributed by atoms with Crippen LogP contribution in [-0.4, -0.2) is 24.8 Å². The Hall–Kier alpha value is -2.70. The number of phenolic OH excluding ortho intramolecular Hbond substituents is 1. The molecular weight excluding hydrogens is 251 g/mol. The van der Waals surface area contributed by atoms with E-state index in [4.69, 9.17) is 4.52 Å². The van der Waals surface area contributed by atoms with Gasteiger partial charge in [0, 0.05) is 19.4 Å². The Labute approximate surface area is 107 Å². The normalized spacial score (nSPS) is 10.8. The van der Waals surface area contributed by atoms with Gasteiger partial charge in [0.05, 0.1) is 0 Å². The molecule has 3 aromatic rings. The quantitative estimate of drug-likeness (QED) is 0.762. The Morgan fingerprint density at radius 2 is 2.21 bits per heavy atom. The zero-order chi connectivity index (χ0) is 13.4. The van der Waals surface area contributed by atoms with Crippen molar-refractivity contribution in [3.8, 4) is 28.9 Å². The second kappa shape index (κ2) is 4.20. The number of aromatic nitrogens is 4. The zero-order valence-corrected chi connectivity index (χ0v) is 9.91. The average Bonchev–Trinajstić information content (AvgIpc) is 2.98. The van der Waals surface area contributed by atoms with Crippen molar-refractivity contribution in [1.29, 1.82) is 0 Å². The molecule has 0 radical (unpaired) electrons. The molecule has 19 heavy (non-hydrogen) atoms. The maximum Gasteiger partial charge on any atom is 0.265 e. The van der Waals surface area contributed by atoms with Crippen LogP contribution in [0.3, 0.4) is 0 Å². The minimum Gasteiger partial charge on any atom is -0.507 e. The summed E-state index contributed by atoms with van der Waals surface area (Å²) in [6.07, 6.45) is 3.32. The van der Waals surface area contributed by atoms with E-state index in [1.807, 2.05) is 0 Å². The molecule has 1 N–H and O–H groups in total. The minimum atomic E-state index is -0.630. The maximum atomic E-state index is 13.7. The SMILES string of the molecule is Cn1ccnc1-c1noc(-c2c(O)cccc2F)n1. The molecule has 0 bridgehead atoms. The van der Waals surface area contributed by atoms with Crippen molar-refractivity contribution >= 4 is 0 Å². The highest BCUT2D eigenvalue weighted by Crippen LogP contribution is 2.31. The van der Waals surface area contributed by atoms with Crippen molar-refractivity contribution < 1.29 is 14.0 Å². The molecular formula is C12H9FN4O2. The number of benzene rings is 1. The fraction of sp³-hybridized carbons (Fsp3) is 0.0833. The van der Waals surface area contributed by atoms with Gasteiger partial charge in [-0.3, -0.25) is 0 Å². The first-order valence-corrected chi connectivity index (χ1v) is 5.46. The van der Waals surface area contributed by atoms with Crippen LogP contribution in [0.15, 0.2) is 35.1 Å². The lowest BCUT2D eigenvalue weighted by atomic mass is 10.2. The van der Waals surface area contributed by atoms with E-state index in [0.29, 0.717) is 5.82 Å². The Morgan fingerprint density at radius 3 is 2.89 bits per heavy atom. The highest BCUT2D eigenvalue weighted by Gasteiger charge is 2.19. The smallest absolute Gasteiger partial charge is 0.265 e. The third-order valence-electron chi connectivity index (χ3n) is 2.65. The van der Waals surface area contributed by atoms with Gasteiger partial charge in [0.2, 0.25) is 5.82 Å². The molecule has 0 unspecified atom stereocenters. The summed E-state index contributed by atoms with van der Waals surface area (Å²) in [5.41, 5.74) is -0.115. The number of aromatic hydroxyl groups is 1. The molecule has 2 aromatic heterocycles. The summed E-state index contributed by atoms with van der Waals surface area (Å²) in [7, 11) is 1.78. The number of hydrogen-bond donors (Lipinski definition) is 1. The molecule has 6 nitrogen and oxygen atoms in total. The molecule has 96 valence electrons. The number of aryl methyl sites for hydroxylation is 1. The first-order chi connectivity index (χ1) is 9.16. The zero-order valence-electron chi connectivity index (χ0n) is 9.91. The summed E-state index contributed by atoms with van der Waals surface area (Å²) in [4.78, 5) is 8.10. The number of hydrogen-bond acceptors (Lipinski definition) is 5. The summed E-state index contributed by atoms with van der Waals surface area (Å²) >= 11 is 0. The van der Waals surface area contributed by atoms with Gasteiger partial charge in [0.1, 0.15) is 17.1 Å². The molecule has 0 saturated carbocycles. The van der Waals surface area contributed by atoms with Crippen LogP contribution in [0.1, 0.15) is 0 Å². The molecule has 1 aromatic carbocycles. The third kappa shape index (κ3) is 1.85. The number of rotatable bonds is 2. The molecule has 0 aliphatic rings. The lowest BCUT2D eigenvalue weighted by Gasteiger charge is -1.99. The predicted octanol–water partition coefficient (Wildman–Crippen LogP) is 1.98. The second-order valence-electron chi connectivity index (χ2n) is 3.92. The molecule has 0 amide bonds. The van der Waals surface area contributed by atoms with E-state index in [9.17, 15) is 9.50 Å². The monoisotopic (exact) mass is 260 g/mol. The molecule has 0 atom stereocenters. The van der Waals surface area contributed by atoms with Crippen LogP contribution in [0, 0.1) is 5.82 Å². The van der Waals surface area contributed by atoms with E-state index in [2.05, 4.69) is 15.1 Å². The summed E-state index contributed by atoms with van der Waals surface area (Å²) in [6.45, 7) is 0. The summed E-state index contributed by atoms with van der Waals surface area (Å²) < 4.78 is 20.3. The average molecular weight is 260 g/mol. The van der Waals surface area contributed by atoms with Crippen molar-refractivity contribution in [1.82, 2.24) is 19.7 Å². The van der Waals surface area contributed by atoms with Crippen molar-refractivity contribution in [2.75, 3.05) is 0 Å². The molecule has 0 fully saturated rings. The Bertz CT molecular complexity index is 715. The fourth-order valence-corrected chi connectivity index (χ4v) is 1.72. The van der Waals surface area contributed by atoms with Crippen LogP contribution in [0.2, 0.25) is 0 Å². The van der Waals surface area contributed by atoms with Crippen molar-refractivity contribution in [3.05, 3.63) is 36.4 Å². The van der Waals surface area contributed by atoms with Crippen molar-refractivity contribution in [2.45, 2.75) is 0 Å². The first kappa shape index (κ1) is 11.4. The van der Waals surface area contributed by atoms with E-state index < -0.39 is 5.82 Å². The van der Waals surface area contributed by atoms with Gasteiger partial charge in [0.25, 0.3) is 5.89 Å². The van der Waals surface area contributed by atoms with Gasteiger partial charge < -0.3 is 14.2 Å². The molecule has 0 spiro atoms. The standard InChI is InChI=1S/C12H9FN4O2/c1-17-6-5-14-11(17)10-15-12(19-16-10)9-7(13)3-2-4-8(9)18/h2-6,18H,1H3. The Kier molecular flexibility index (Phi) is 2.52. The van der Waals surface area contributed by atoms with Gasteiger partial charge in [0.15, 0.2) is 5.82 Å². The van der Waals surface area contributed by atoms with Gasteiger partial charge in [-0.25, -0.2) is 9.37 Å². The van der Waals surface area contributed by atoms with Crippen LogP contribution >= 0.6 is 0 Å². The molecule has 0 aliphatic carbocycles. The lowest BCUT2D eigenvalue weighted by molar-refractivity contribution is 0.421. The lowest BCUT2D eigenvalue weighted by Crippen LogP contribution is -1.93. The molecule has 2 heterocycles. The van der Waals surface area contributed by atoms with E-state index in [1.165, 1.54) is 18.2 Å². The van der Waals surface area contributed by atoms with Gasteiger partial charge >= 0.3 is 0 Å². The largest absolute Gasteiger partial charge is 0.507 e. The number of halogens is 1. The van der Waals surface area contributed by atoms with Crippen molar-refractivity contribution in [2.24, 2.45) is 7.05 Å². The topological polar surface area (TPSA) is 77.0 Å². The first-order valence-electron chi connectivity index (χ1n) is 5.46. The van der Waals surface area contributed by atoms with Crippen LogP contribution in [0.5, 0.6) is 5.75 Å². The summed E-state index contributed by atoms with van der Waals surface area (Å²) in [6, 6.07) is 3.95. The molecule has 3 rings (SSSR count). The van der Waals surface area contributed by atoms with Gasteiger partial charge in [-0.15, -0.1) is 0 Å². The maximum absolute atomic E-state index is 13.7. The highest BCUT2D eigenvalue weighted by molar-refractivity contribution is 5.64. The van der Waals surface area contributed by atoms with E-state index in [0.717, 1.165) is 0 Å². The predicted molar refractivity (Wildman–Crippen MR) is 63.6 cm³/mol. The van der Waals surface area contributed by atoms with Crippen LogP contribution in [-0.2, 0) is 7.05 Å². The van der Waals surface area contributed by atoms with Crippen LogP contribution in [0.25, 0.3) is 23.1 Å². The summed E-state index contributed by atoms with van der Waals surface area (Å²) in [5, 5.41) is 13.4. The number of nitrogens with zero attached hydrogens (tertiary/aromatic N) is 4. The number of imidazole rings is 1. The van der Waals surface area contributed by atoms with E-state index in [-0.39, 0.29) is 23.0 Å². The van der Waals surface area contributed by atoms with Gasteiger partial charge in [-0.1, -0.05) is 11.2 Å². The second-order valence-corrected chi connectivity index (χ2v) is 3.92. The molecule has 7 heteroatoms. The van der Waals surface area contributed by atoms with Gasteiger partial charge in [-0.2, -0.15) is 4.98 Å². The molecule has 0 aliphatic heterocycles. The fourth-order valence-electron chi connectivity index (χ4n) is 1.72.